The zero-order chi connectivity index (χ0) is 13.0. The third-order valence-electron chi connectivity index (χ3n) is 3.74. The van der Waals surface area contributed by atoms with Gasteiger partial charge in [-0.25, -0.2) is 0 Å². The van der Waals surface area contributed by atoms with E-state index in [9.17, 15) is 0 Å². The van der Waals surface area contributed by atoms with E-state index in [0.717, 1.165) is 16.3 Å². The molecule has 0 spiro atoms. The van der Waals surface area contributed by atoms with Crippen LogP contribution in [0.25, 0.3) is 32.3 Å². The smallest absolute Gasteiger partial charge is 0.0627 e. The zero-order valence-electron chi connectivity index (χ0n) is 10.9. The molecule has 86 valence electrons. The van der Waals surface area contributed by atoms with Gasteiger partial charge in [-0.3, -0.25) is 0 Å². The highest BCUT2D eigenvalue weighted by Gasteiger charge is 2.09. The first kappa shape index (κ1) is 8.90. The van der Waals surface area contributed by atoms with Crippen molar-refractivity contribution in [1.29, 1.82) is 0 Å². The summed E-state index contributed by atoms with van der Waals surface area (Å²) in [6.07, 6.45) is 0. The summed E-state index contributed by atoms with van der Waals surface area (Å²) in [6, 6.07) is 17.3. The van der Waals surface area contributed by atoms with Crippen molar-refractivity contribution in [3.63, 3.8) is 0 Å². The highest BCUT2D eigenvalue weighted by molar-refractivity contribution is 6.23. The fourth-order valence-corrected chi connectivity index (χ4v) is 2.89. The molecule has 1 nitrogen and oxygen atoms in total. The molecule has 0 heterocycles. The van der Waals surface area contributed by atoms with E-state index >= 15 is 0 Å². The summed E-state index contributed by atoms with van der Waals surface area (Å²) in [5, 5.41) is 7.27. The Balaban J connectivity index is 2.39. The van der Waals surface area contributed by atoms with E-state index < -0.39 is 0 Å². The van der Waals surface area contributed by atoms with E-state index in [1.54, 1.807) is 0 Å². The quantitative estimate of drug-likeness (QED) is 0.492. The number of rotatable bonds is 1. The van der Waals surface area contributed by atoms with E-state index in [-0.39, 0.29) is 0 Å². The summed E-state index contributed by atoms with van der Waals surface area (Å²) >= 11 is 0. The van der Waals surface area contributed by atoms with Crippen LogP contribution in [-0.2, 0) is 6.54 Å². The van der Waals surface area contributed by atoms with Crippen molar-refractivity contribution in [2.75, 3.05) is 0 Å². The Labute approximate surface area is 107 Å². The molecule has 0 aliphatic rings. The molecule has 0 aliphatic heterocycles. The van der Waals surface area contributed by atoms with Gasteiger partial charge in [-0.1, -0.05) is 54.6 Å². The first-order valence-corrected chi connectivity index (χ1v) is 6.15. The third kappa shape index (κ3) is 1.14. The summed E-state index contributed by atoms with van der Waals surface area (Å²) in [4.78, 5) is 0. The lowest BCUT2D eigenvalue weighted by molar-refractivity contribution is 1.09. The number of benzene rings is 4. The van der Waals surface area contributed by atoms with Crippen LogP contribution in [0.4, 0.5) is 0 Å². The Bertz CT molecular complexity index is 895. The van der Waals surface area contributed by atoms with Crippen molar-refractivity contribution in [3.05, 3.63) is 60.1 Å². The Morgan fingerprint density at radius 1 is 0.833 bits per heavy atom. The minimum Gasteiger partial charge on any atom is -0.326 e. The van der Waals surface area contributed by atoms with Gasteiger partial charge in [0.25, 0.3) is 0 Å². The molecule has 0 atom stereocenters. The van der Waals surface area contributed by atoms with Crippen molar-refractivity contribution in [3.8, 4) is 0 Å². The van der Waals surface area contributed by atoms with Gasteiger partial charge in [-0.05, 0) is 37.9 Å². The average Bonchev–Trinajstić information content (AvgIpc) is 2.44. The van der Waals surface area contributed by atoms with Gasteiger partial charge in [-0.15, -0.1) is 0 Å². The summed E-state index contributed by atoms with van der Waals surface area (Å²) < 4.78 is 8.11. The predicted octanol–water partition coefficient (Wildman–Crippen LogP) is 4.04. The second kappa shape index (κ2) is 3.44. The van der Waals surface area contributed by atoms with Crippen LogP contribution in [0, 0.1) is 0 Å². The van der Waals surface area contributed by atoms with Crippen LogP contribution in [0.2, 0.25) is 0 Å². The van der Waals surface area contributed by atoms with E-state index in [1.165, 1.54) is 21.5 Å². The number of hydrogen-bond donors (Lipinski definition) is 1. The Hall–Kier alpha value is -2.12. The Morgan fingerprint density at radius 3 is 2.22 bits per heavy atom. The molecule has 18 heavy (non-hydrogen) atoms. The molecule has 2 N–H and O–H groups in total. The van der Waals surface area contributed by atoms with Gasteiger partial charge >= 0.3 is 0 Å². The van der Waals surface area contributed by atoms with Crippen LogP contribution in [0.1, 0.15) is 6.93 Å². The van der Waals surface area contributed by atoms with Gasteiger partial charge in [0.15, 0.2) is 0 Å². The molecule has 0 unspecified atom stereocenters. The molecule has 0 aromatic heterocycles. The normalized spacial score (nSPS) is 12.6. The first-order chi connectivity index (χ1) is 9.29. The molecule has 0 bridgehead atoms. The fourth-order valence-electron chi connectivity index (χ4n) is 2.89. The molecule has 0 aliphatic carbocycles. The molecule has 0 saturated heterocycles. The third-order valence-corrected chi connectivity index (χ3v) is 3.74. The Morgan fingerprint density at radius 2 is 1.50 bits per heavy atom. The van der Waals surface area contributed by atoms with E-state index in [2.05, 4.69) is 42.5 Å². The van der Waals surface area contributed by atoms with Crippen LogP contribution >= 0.6 is 0 Å². The highest BCUT2D eigenvalue weighted by atomic mass is 14.5. The maximum absolute atomic E-state index is 8.11. The van der Waals surface area contributed by atoms with E-state index in [4.69, 9.17) is 7.10 Å². The fraction of sp³-hybridized carbons (Fsp3) is 0.0588. The summed E-state index contributed by atoms with van der Waals surface area (Å²) in [5.41, 5.74) is 6.76. The average molecular weight is 232 g/mol. The van der Waals surface area contributed by atoms with Gasteiger partial charge in [0, 0.05) is 6.54 Å². The van der Waals surface area contributed by atoms with E-state index in [1.807, 2.05) is 6.07 Å². The first-order valence-electron chi connectivity index (χ1n) is 6.65. The number of hydrogen-bond acceptors (Lipinski definition) is 1. The van der Waals surface area contributed by atoms with E-state index in [0.29, 0.717) is 12.6 Å². The minimum atomic E-state index is 0.410. The molecule has 0 amide bonds. The van der Waals surface area contributed by atoms with Gasteiger partial charge in [0.1, 0.15) is 0 Å². The van der Waals surface area contributed by atoms with Gasteiger partial charge in [0.05, 0.1) is 1.37 Å². The van der Waals surface area contributed by atoms with Crippen LogP contribution < -0.4 is 5.73 Å². The summed E-state index contributed by atoms with van der Waals surface area (Å²) in [6.45, 7) is 0.410. The van der Waals surface area contributed by atoms with Gasteiger partial charge in [-0.2, -0.15) is 0 Å². The van der Waals surface area contributed by atoms with Crippen LogP contribution in [-0.4, -0.2) is 0 Å². The lowest BCUT2D eigenvalue weighted by atomic mass is 9.92. The second-order valence-electron chi connectivity index (χ2n) is 4.69. The topological polar surface area (TPSA) is 26.0 Å². The lowest BCUT2D eigenvalue weighted by Gasteiger charge is -2.12. The highest BCUT2D eigenvalue weighted by Crippen LogP contribution is 2.35. The number of nitrogens with two attached hydrogens (primary N) is 1. The molecule has 0 fully saturated rings. The summed E-state index contributed by atoms with van der Waals surface area (Å²) in [5.74, 6) is 0. The molecule has 4 aromatic rings. The van der Waals surface area contributed by atoms with Crippen molar-refractivity contribution >= 4 is 32.3 Å². The molecule has 1 heteroatoms. The molecule has 4 aromatic carbocycles. The zero-order valence-corrected chi connectivity index (χ0v) is 9.90. The Kier molecular flexibility index (Phi) is 1.70. The molecular weight excluding hydrogens is 218 g/mol. The monoisotopic (exact) mass is 232 g/mol. The van der Waals surface area contributed by atoms with Gasteiger partial charge in [0.2, 0.25) is 0 Å². The van der Waals surface area contributed by atoms with Crippen molar-refractivity contribution in [2.45, 2.75) is 6.54 Å². The minimum absolute atomic E-state index is 0.410. The second-order valence-corrected chi connectivity index (χ2v) is 4.69. The van der Waals surface area contributed by atoms with Crippen LogP contribution in [0.15, 0.2) is 54.6 Å². The maximum Gasteiger partial charge on any atom is 0.0627 e. The molecule has 0 saturated carbocycles. The van der Waals surface area contributed by atoms with Crippen molar-refractivity contribution < 1.29 is 1.37 Å². The van der Waals surface area contributed by atoms with Crippen LogP contribution in [0.5, 0.6) is 0 Å². The molecule has 0 radical (unpaired) electrons. The molecular formula is C17H13N. The van der Waals surface area contributed by atoms with Crippen molar-refractivity contribution in [2.24, 2.45) is 5.73 Å². The SMILES string of the molecule is [2H]c1cc2ccc3cccc4ccc(c1CN)c2c34. The molecule has 4 rings (SSSR count). The standard InChI is InChI=1S/C17H13N/c18-10-14-7-6-13-5-4-11-2-1-3-12-8-9-15(14)17(13)16(11)12/h1-9H,10,18H2/i7D. The van der Waals surface area contributed by atoms with Crippen molar-refractivity contribution in [1.82, 2.24) is 0 Å². The van der Waals surface area contributed by atoms with Crippen LogP contribution in [0.3, 0.4) is 0 Å². The van der Waals surface area contributed by atoms with Gasteiger partial charge < -0.3 is 5.73 Å². The predicted molar refractivity (Wildman–Crippen MR) is 78.0 cm³/mol. The lowest BCUT2D eigenvalue weighted by Crippen LogP contribution is -1.97. The summed E-state index contributed by atoms with van der Waals surface area (Å²) in [7, 11) is 0. The largest absolute Gasteiger partial charge is 0.326 e. The maximum atomic E-state index is 8.11.